The number of rotatable bonds is 3. The molecule has 3 rings (SSSR count). The number of nitriles is 1. The largest absolute Gasteiger partial charge is 0.333 e. The van der Waals surface area contributed by atoms with Gasteiger partial charge in [-0.25, -0.2) is 0 Å². The maximum absolute atomic E-state index is 12.5. The molecule has 2 N–H and O–H groups in total. The molecular formula is C17H20N4O2. The van der Waals surface area contributed by atoms with Crippen molar-refractivity contribution in [2.45, 2.75) is 44.4 Å². The smallest absolute Gasteiger partial charge is 0.240 e. The van der Waals surface area contributed by atoms with Crippen LogP contribution in [-0.2, 0) is 22.7 Å². The predicted molar refractivity (Wildman–Crippen MR) is 83.6 cm³/mol. The molecule has 0 aromatic heterocycles. The van der Waals surface area contributed by atoms with Crippen LogP contribution in [-0.4, -0.2) is 40.2 Å². The highest BCUT2D eigenvalue weighted by molar-refractivity contribution is 5.88. The molecule has 1 unspecified atom stereocenters. The molecule has 1 aromatic carbocycles. The molecule has 1 aromatic rings. The van der Waals surface area contributed by atoms with Gasteiger partial charge >= 0.3 is 0 Å². The van der Waals surface area contributed by atoms with Crippen molar-refractivity contribution >= 4 is 11.8 Å². The van der Waals surface area contributed by atoms with Gasteiger partial charge in [0.2, 0.25) is 11.8 Å². The molecule has 2 heterocycles. The lowest BCUT2D eigenvalue weighted by molar-refractivity contribution is -0.138. The number of hydrogen-bond acceptors (Lipinski definition) is 4. The van der Waals surface area contributed by atoms with Crippen molar-refractivity contribution in [3.05, 3.63) is 35.4 Å². The van der Waals surface area contributed by atoms with Gasteiger partial charge in [0.15, 0.2) is 0 Å². The van der Waals surface area contributed by atoms with Crippen LogP contribution in [0.15, 0.2) is 24.3 Å². The van der Waals surface area contributed by atoms with Crippen molar-refractivity contribution in [1.82, 2.24) is 9.80 Å². The number of carbonyl (C=O) groups is 2. The number of fused-ring (bicyclic) bond motifs is 1. The van der Waals surface area contributed by atoms with Gasteiger partial charge in [-0.05, 0) is 24.0 Å². The Bertz CT molecular complexity index is 642. The third-order valence-electron chi connectivity index (χ3n) is 4.59. The van der Waals surface area contributed by atoms with Crippen LogP contribution in [0.1, 0.15) is 30.4 Å². The maximum atomic E-state index is 12.5. The van der Waals surface area contributed by atoms with Gasteiger partial charge in [-0.2, -0.15) is 5.26 Å². The van der Waals surface area contributed by atoms with Crippen molar-refractivity contribution < 1.29 is 9.59 Å². The van der Waals surface area contributed by atoms with Crippen LogP contribution in [0.3, 0.4) is 0 Å². The van der Waals surface area contributed by atoms with E-state index < -0.39 is 6.04 Å². The van der Waals surface area contributed by atoms with Crippen molar-refractivity contribution in [3.63, 3.8) is 0 Å². The van der Waals surface area contributed by atoms with Crippen LogP contribution in [0.25, 0.3) is 0 Å². The zero-order valence-corrected chi connectivity index (χ0v) is 12.9. The topological polar surface area (TPSA) is 90.4 Å². The van der Waals surface area contributed by atoms with E-state index in [2.05, 4.69) is 6.07 Å². The molecule has 1 saturated heterocycles. The number of amides is 2. The Morgan fingerprint density at radius 3 is 2.57 bits per heavy atom. The molecule has 0 aliphatic carbocycles. The van der Waals surface area contributed by atoms with Gasteiger partial charge in [0.1, 0.15) is 6.04 Å². The first-order chi connectivity index (χ1) is 11.1. The number of benzene rings is 1. The van der Waals surface area contributed by atoms with Crippen LogP contribution in [0.5, 0.6) is 0 Å². The Kier molecular flexibility index (Phi) is 4.30. The summed E-state index contributed by atoms with van der Waals surface area (Å²) in [6.07, 6.45) is 1.49. The summed E-state index contributed by atoms with van der Waals surface area (Å²) in [5.41, 5.74) is 8.22. The fraction of sp³-hybridized carbons (Fsp3) is 0.471. The minimum atomic E-state index is -0.850. The third kappa shape index (κ3) is 3.06. The van der Waals surface area contributed by atoms with E-state index in [9.17, 15) is 9.59 Å². The second kappa shape index (κ2) is 6.39. The molecule has 6 nitrogen and oxygen atoms in total. The molecule has 1 fully saturated rings. The van der Waals surface area contributed by atoms with Gasteiger partial charge in [0.05, 0.1) is 18.5 Å². The number of nitrogens with two attached hydrogens (primary N) is 1. The first-order valence-corrected chi connectivity index (χ1v) is 7.90. The predicted octanol–water partition coefficient (Wildman–Crippen LogP) is 0.761. The number of hydrogen-bond donors (Lipinski definition) is 1. The van der Waals surface area contributed by atoms with E-state index >= 15 is 0 Å². The molecule has 6 heteroatoms. The fourth-order valence-electron chi connectivity index (χ4n) is 3.32. The Balaban J connectivity index is 1.59. The standard InChI is InChI=1S/C17H20N4O2/c18-9-14-6-3-7-21(14)16(22)8-15(19)17(23)20-10-12-4-1-2-5-13(12)11-20/h1-2,4-5,14-15H,3,6-8,10-11,19H2/t14?,15-/m0/s1. The van der Waals surface area contributed by atoms with Crippen molar-refractivity contribution in [2.75, 3.05) is 6.54 Å². The van der Waals surface area contributed by atoms with Crippen LogP contribution in [0.4, 0.5) is 0 Å². The summed E-state index contributed by atoms with van der Waals surface area (Å²) in [5, 5.41) is 9.05. The Hall–Kier alpha value is -2.39. The van der Waals surface area contributed by atoms with Crippen LogP contribution in [0.2, 0.25) is 0 Å². The lowest BCUT2D eigenvalue weighted by Gasteiger charge is -2.24. The average molecular weight is 312 g/mol. The molecule has 2 amide bonds. The quantitative estimate of drug-likeness (QED) is 0.892. The summed E-state index contributed by atoms with van der Waals surface area (Å²) in [6.45, 7) is 1.66. The molecule has 0 bridgehead atoms. The Labute approximate surface area is 135 Å². The summed E-state index contributed by atoms with van der Waals surface area (Å²) in [6, 6.07) is 8.81. The zero-order valence-electron chi connectivity index (χ0n) is 12.9. The van der Waals surface area contributed by atoms with Gasteiger partial charge in [0, 0.05) is 19.6 Å². The minimum absolute atomic E-state index is 0.0378. The van der Waals surface area contributed by atoms with Crippen LogP contribution in [0, 0.1) is 11.3 Å². The molecule has 0 radical (unpaired) electrons. The van der Waals surface area contributed by atoms with Crippen LogP contribution < -0.4 is 5.73 Å². The van der Waals surface area contributed by atoms with E-state index in [0.717, 1.165) is 17.5 Å². The molecule has 23 heavy (non-hydrogen) atoms. The van der Waals surface area contributed by atoms with E-state index in [-0.39, 0.29) is 24.3 Å². The Morgan fingerprint density at radius 1 is 1.30 bits per heavy atom. The molecular weight excluding hydrogens is 292 g/mol. The average Bonchev–Trinajstić information content (AvgIpc) is 3.19. The maximum Gasteiger partial charge on any atom is 0.240 e. The summed E-state index contributed by atoms with van der Waals surface area (Å²) in [7, 11) is 0. The summed E-state index contributed by atoms with van der Waals surface area (Å²) in [5.74, 6) is -0.408. The van der Waals surface area contributed by atoms with Crippen molar-refractivity contribution in [3.8, 4) is 6.07 Å². The van der Waals surface area contributed by atoms with E-state index in [1.165, 1.54) is 0 Å². The number of likely N-dealkylation sites (tertiary alicyclic amines) is 1. The van der Waals surface area contributed by atoms with Gasteiger partial charge in [-0.1, -0.05) is 24.3 Å². The second-order valence-corrected chi connectivity index (χ2v) is 6.15. The van der Waals surface area contributed by atoms with Crippen LogP contribution >= 0.6 is 0 Å². The molecule has 2 aliphatic heterocycles. The number of nitrogens with zero attached hydrogens (tertiary/aromatic N) is 3. The monoisotopic (exact) mass is 312 g/mol. The number of carbonyl (C=O) groups excluding carboxylic acids is 2. The minimum Gasteiger partial charge on any atom is -0.333 e. The van der Waals surface area contributed by atoms with Gasteiger partial charge in [0.25, 0.3) is 0 Å². The highest BCUT2D eigenvalue weighted by atomic mass is 16.2. The van der Waals surface area contributed by atoms with Gasteiger partial charge in [-0.3, -0.25) is 9.59 Å². The molecule has 2 atom stereocenters. The first kappa shape index (κ1) is 15.5. The zero-order chi connectivity index (χ0) is 16.4. The summed E-state index contributed by atoms with van der Waals surface area (Å²) >= 11 is 0. The van der Waals surface area contributed by atoms with E-state index in [1.54, 1.807) is 9.80 Å². The molecule has 0 spiro atoms. The molecule has 120 valence electrons. The van der Waals surface area contributed by atoms with E-state index in [1.807, 2.05) is 24.3 Å². The van der Waals surface area contributed by atoms with Gasteiger partial charge < -0.3 is 15.5 Å². The third-order valence-corrected chi connectivity index (χ3v) is 4.59. The SMILES string of the molecule is N#CC1CCCN1C(=O)C[C@H](N)C(=O)N1Cc2ccccc2C1. The lowest BCUT2D eigenvalue weighted by Crippen LogP contribution is -2.45. The highest BCUT2D eigenvalue weighted by Crippen LogP contribution is 2.23. The second-order valence-electron chi connectivity index (χ2n) is 6.15. The molecule has 2 aliphatic rings. The van der Waals surface area contributed by atoms with E-state index in [4.69, 9.17) is 11.0 Å². The molecule has 0 saturated carbocycles. The summed E-state index contributed by atoms with van der Waals surface area (Å²) in [4.78, 5) is 28.0. The highest BCUT2D eigenvalue weighted by Gasteiger charge is 2.33. The first-order valence-electron chi connectivity index (χ1n) is 7.90. The lowest BCUT2D eigenvalue weighted by atomic mass is 10.1. The van der Waals surface area contributed by atoms with Crippen molar-refractivity contribution in [2.24, 2.45) is 5.73 Å². The Morgan fingerprint density at radius 2 is 1.96 bits per heavy atom. The summed E-state index contributed by atoms with van der Waals surface area (Å²) < 4.78 is 0. The van der Waals surface area contributed by atoms with Gasteiger partial charge in [-0.15, -0.1) is 0 Å². The van der Waals surface area contributed by atoms with Crippen molar-refractivity contribution in [1.29, 1.82) is 5.26 Å². The normalized spacial score (nSPS) is 21.0. The van der Waals surface area contributed by atoms with E-state index in [0.29, 0.717) is 26.1 Å². The fourth-order valence-corrected chi connectivity index (χ4v) is 3.32.